The maximum Gasteiger partial charge on any atom is 0.423 e. The summed E-state index contributed by atoms with van der Waals surface area (Å²) in [6, 6.07) is 13.0. The number of amides is 1. The molecular weight excluding hydrogens is 465 g/mol. The molecule has 1 aliphatic rings. The number of para-hydroxylation sites is 2. The highest BCUT2D eigenvalue weighted by atomic mass is 19.1. The second kappa shape index (κ2) is 11.4. The van der Waals surface area contributed by atoms with Crippen molar-refractivity contribution in [2.45, 2.75) is 13.3 Å². The smallest absolute Gasteiger partial charge is 0.423 e. The quantitative estimate of drug-likeness (QED) is 0.323. The van der Waals surface area contributed by atoms with Crippen LogP contribution >= 0.6 is 0 Å². The lowest BCUT2D eigenvalue weighted by molar-refractivity contribution is -0.118. The number of fused-ring (bicyclic) bond motifs is 1. The lowest BCUT2D eigenvalue weighted by Gasteiger charge is -2.35. The summed E-state index contributed by atoms with van der Waals surface area (Å²) in [5, 5.41) is 2.64. The van der Waals surface area contributed by atoms with Gasteiger partial charge in [-0.1, -0.05) is 18.2 Å². The van der Waals surface area contributed by atoms with Gasteiger partial charge in [0.2, 0.25) is 5.91 Å². The first kappa shape index (κ1) is 24.8. The van der Waals surface area contributed by atoms with Crippen LogP contribution in [0.2, 0.25) is 0 Å². The third-order valence-electron chi connectivity index (χ3n) is 5.68. The molecule has 3 heterocycles. The molecule has 1 saturated heterocycles. The Morgan fingerprint density at radius 1 is 1.17 bits per heavy atom. The number of nitrogens with one attached hydrogen (secondary N) is 1. The van der Waals surface area contributed by atoms with Crippen molar-refractivity contribution in [3.8, 4) is 5.69 Å². The fourth-order valence-electron chi connectivity index (χ4n) is 3.84. The molecule has 0 atom stereocenters. The van der Waals surface area contributed by atoms with Gasteiger partial charge in [0.1, 0.15) is 17.6 Å². The Balaban J connectivity index is 0.000000331. The van der Waals surface area contributed by atoms with Gasteiger partial charge in [0.25, 0.3) is 6.01 Å². The number of halogens is 1. The molecule has 2 aromatic carbocycles. The maximum absolute atomic E-state index is 14.7. The first-order valence-corrected chi connectivity index (χ1v) is 11.6. The summed E-state index contributed by atoms with van der Waals surface area (Å²) in [6.45, 7) is 8.35. The summed E-state index contributed by atoms with van der Waals surface area (Å²) >= 11 is 0. The molecule has 188 valence electrons. The topological polar surface area (TPSA) is 96.8 Å². The van der Waals surface area contributed by atoms with E-state index in [-0.39, 0.29) is 11.7 Å². The highest BCUT2D eigenvalue weighted by Crippen LogP contribution is 2.26. The highest BCUT2D eigenvalue weighted by molar-refractivity contribution is 5.74. The molecular formula is C26H28FN5O4. The molecule has 36 heavy (non-hydrogen) atoms. The molecule has 10 heteroatoms. The van der Waals surface area contributed by atoms with Crippen molar-refractivity contribution in [3.63, 3.8) is 0 Å². The van der Waals surface area contributed by atoms with E-state index in [1.807, 2.05) is 29.2 Å². The van der Waals surface area contributed by atoms with Crippen molar-refractivity contribution in [1.29, 1.82) is 0 Å². The zero-order valence-corrected chi connectivity index (χ0v) is 20.0. The van der Waals surface area contributed by atoms with Crippen molar-refractivity contribution in [2.75, 3.05) is 42.5 Å². The van der Waals surface area contributed by atoms with E-state index in [4.69, 9.17) is 8.83 Å². The van der Waals surface area contributed by atoms with Crippen LogP contribution in [0.1, 0.15) is 13.3 Å². The van der Waals surface area contributed by atoms with Gasteiger partial charge in [-0.05, 0) is 30.7 Å². The standard InChI is InChI=1S/C20H17FN4O3.C6H11NO/c21-15-13-14(25-11-12-27-20(25)26)5-6-17(15)23-7-9-24(10-8-23)19-22-16-3-1-2-4-18(16)28-19;1-3-4-5-7-6(2)8/h1-6,11-13H,7-10H2;3H,1,4-5H2,2H3,(H,7,8). The number of nitrogens with zero attached hydrogens (tertiary/aromatic N) is 4. The van der Waals surface area contributed by atoms with Crippen molar-refractivity contribution in [2.24, 2.45) is 0 Å². The molecule has 1 fully saturated rings. The Labute approximate surface area is 207 Å². The van der Waals surface area contributed by atoms with E-state index in [0.29, 0.717) is 50.1 Å². The molecule has 5 rings (SSSR count). The Hall–Kier alpha value is -4.34. The lowest BCUT2D eigenvalue weighted by atomic mass is 10.2. The van der Waals surface area contributed by atoms with Gasteiger partial charge in [0, 0.05) is 45.7 Å². The lowest BCUT2D eigenvalue weighted by Crippen LogP contribution is -2.47. The number of hydrogen-bond donors (Lipinski definition) is 1. The van der Waals surface area contributed by atoms with Crippen LogP contribution in [-0.4, -0.2) is 48.2 Å². The third kappa shape index (κ3) is 5.83. The zero-order chi connectivity index (χ0) is 25.5. The van der Waals surface area contributed by atoms with Gasteiger partial charge in [0.15, 0.2) is 5.58 Å². The molecule has 0 radical (unpaired) electrons. The van der Waals surface area contributed by atoms with Crippen molar-refractivity contribution in [1.82, 2.24) is 14.9 Å². The summed E-state index contributed by atoms with van der Waals surface area (Å²) in [6.07, 6.45) is 5.37. The predicted molar refractivity (Wildman–Crippen MR) is 136 cm³/mol. The van der Waals surface area contributed by atoms with Crippen LogP contribution in [0.25, 0.3) is 16.8 Å². The number of piperazine rings is 1. The second-order valence-corrected chi connectivity index (χ2v) is 8.17. The van der Waals surface area contributed by atoms with Crippen LogP contribution in [0.15, 0.2) is 81.2 Å². The fraction of sp³-hybridized carbons (Fsp3) is 0.269. The molecule has 2 aromatic heterocycles. The number of carbonyl (C=O) groups excluding carboxylic acids is 1. The molecule has 1 amide bonds. The summed E-state index contributed by atoms with van der Waals surface area (Å²) < 4.78 is 26.5. The molecule has 0 aliphatic carbocycles. The maximum atomic E-state index is 14.7. The normalized spacial score (nSPS) is 13.3. The number of anilines is 2. The molecule has 4 aromatic rings. The number of rotatable bonds is 6. The Kier molecular flexibility index (Phi) is 7.84. The van der Waals surface area contributed by atoms with Crippen molar-refractivity contribution >= 4 is 28.7 Å². The molecule has 0 bridgehead atoms. The van der Waals surface area contributed by atoms with Crippen LogP contribution in [0.3, 0.4) is 0 Å². The van der Waals surface area contributed by atoms with Crippen LogP contribution < -0.4 is 20.9 Å². The molecule has 1 N–H and O–H groups in total. The van der Waals surface area contributed by atoms with Gasteiger partial charge < -0.3 is 24.0 Å². The average Bonchev–Trinajstić information content (AvgIpc) is 3.51. The zero-order valence-electron chi connectivity index (χ0n) is 20.0. The molecule has 1 aliphatic heterocycles. The molecule has 0 unspecified atom stereocenters. The van der Waals surface area contributed by atoms with Gasteiger partial charge in [-0.3, -0.25) is 4.79 Å². The molecule has 9 nitrogen and oxygen atoms in total. The van der Waals surface area contributed by atoms with Gasteiger partial charge in [-0.25, -0.2) is 13.8 Å². The van der Waals surface area contributed by atoms with Gasteiger partial charge >= 0.3 is 5.76 Å². The van der Waals surface area contributed by atoms with Gasteiger partial charge in [0.05, 0.1) is 17.6 Å². The minimum Gasteiger partial charge on any atom is -0.423 e. The van der Waals surface area contributed by atoms with E-state index in [1.165, 1.54) is 30.0 Å². The predicted octanol–water partition coefficient (Wildman–Crippen LogP) is 3.74. The van der Waals surface area contributed by atoms with E-state index >= 15 is 0 Å². The minimum atomic E-state index is -0.543. The number of hydrogen-bond acceptors (Lipinski definition) is 7. The van der Waals surface area contributed by atoms with Crippen molar-refractivity contribution in [3.05, 3.63) is 83.9 Å². The van der Waals surface area contributed by atoms with Crippen LogP contribution in [-0.2, 0) is 4.79 Å². The van der Waals surface area contributed by atoms with Crippen LogP contribution in [0, 0.1) is 5.82 Å². The van der Waals surface area contributed by atoms with E-state index in [0.717, 1.165) is 17.5 Å². The van der Waals surface area contributed by atoms with E-state index in [2.05, 4.69) is 21.8 Å². The summed E-state index contributed by atoms with van der Waals surface area (Å²) in [5.74, 6) is -0.896. The molecule has 0 spiro atoms. The largest absolute Gasteiger partial charge is 0.423 e. The van der Waals surface area contributed by atoms with E-state index in [1.54, 1.807) is 18.2 Å². The number of aromatic nitrogens is 2. The average molecular weight is 494 g/mol. The SMILES string of the molecule is C=CCCNC(C)=O.O=c1occn1-c1ccc(N2CCN(c3nc4ccccc4o3)CC2)c(F)c1. The van der Waals surface area contributed by atoms with E-state index < -0.39 is 5.76 Å². The van der Waals surface area contributed by atoms with Gasteiger partial charge in [-0.15, -0.1) is 6.58 Å². The second-order valence-electron chi connectivity index (χ2n) is 8.17. The minimum absolute atomic E-state index is 0.0202. The highest BCUT2D eigenvalue weighted by Gasteiger charge is 2.23. The first-order valence-electron chi connectivity index (χ1n) is 11.6. The summed E-state index contributed by atoms with van der Waals surface area (Å²) in [4.78, 5) is 30.3. The Morgan fingerprint density at radius 2 is 1.92 bits per heavy atom. The first-order chi connectivity index (χ1) is 17.5. The Bertz CT molecular complexity index is 1350. The fourth-order valence-corrected chi connectivity index (χ4v) is 3.84. The van der Waals surface area contributed by atoms with Gasteiger partial charge in [-0.2, -0.15) is 4.98 Å². The summed E-state index contributed by atoms with van der Waals surface area (Å²) in [5.41, 5.74) is 2.54. The Morgan fingerprint density at radius 3 is 2.56 bits per heavy atom. The monoisotopic (exact) mass is 493 g/mol. The summed E-state index contributed by atoms with van der Waals surface area (Å²) in [7, 11) is 0. The third-order valence-corrected chi connectivity index (χ3v) is 5.68. The van der Waals surface area contributed by atoms with Crippen LogP contribution in [0.4, 0.5) is 16.1 Å². The number of carbonyl (C=O) groups is 1. The van der Waals surface area contributed by atoms with Crippen molar-refractivity contribution < 1.29 is 18.0 Å². The number of oxazole rings is 2. The van der Waals surface area contributed by atoms with Crippen LogP contribution in [0.5, 0.6) is 0 Å². The number of benzene rings is 2. The van der Waals surface area contributed by atoms with E-state index in [9.17, 15) is 14.0 Å². The molecule has 0 saturated carbocycles.